The Bertz CT molecular complexity index is 1420. The van der Waals surface area contributed by atoms with Crippen LogP contribution in [-0.4, -0.2) is 29.2 Å². The van der Waals surface area contributed by atoms with Gasteiger partial charge >= 0.3 is 5.97 Å². The van der Waals surface area contributed by atoms with Crippen molar-refractivity contribution in [3.63, 3.8) is 0 Å². The summed E-state index contributed by atoms with van der Waals surface area (Å²) in [6.07, 6.45) is 0.983. The molecule has 1 aromatic heterocycles. The van der Waals surface area contributed by atoms with Crippen LogP contribution in [0.5, 0.6) is 11.5 Å². The number of aromatic hydroxyl groups is 1. The molecular weight excluding hydrogens is 518 g/mol. The minimum absolute atomic E-state index is 0.127. The topological polar surface area (TPSA) is 59.0 Å². The molecular formula is C34H39NO4S. The average molecular weight is 558 g/mol. The molecule has 4 aromatic rings. The summed E-state index contributed by atoms with van der Waals surface area (Å²) in [6, 6.07) is 24.5. The predicted molar refractivity (Wildman–Crippen MR) is 167 cm³/mol. The van der Waals surface area contributed by atoms with Crippen LogP contribution in [0.3, 0.4) is 0 Å². The highest BCUT2D eigenvalue weighted by Gasteiger charge is 2.12. The number of rotatable bonds is 11. The maximum absolute atomic E-state index is 10.5. The fourth-order valence-electron chi connectivity index (χ4n) is 4.11. The normalized spacial score (nSPS) is 10.4. The first-order valence-corrected chi connectivity index (χ1v) is 14.2. The Morgan fingerprint density at radius 1 is 0.950 bits per heavy atom. The molecule has 0 aliphatic rings. The molecule has 0 amide bonds. The van der Waals surface area contributed by atoms with Gasteiger partial charge in [-0.15, -0.1) is 11.3 Å². The molecule has 4 rings (SSSR count). The third-order valence-electron chi connectivity index (χ3n) is 6.39. The Labute approximate surface area is 242 Å². The fraction of sp³-hybridized carbons (Fsp3) is 0.265. The second kappa shape index (κ2) is 14.9. The van der Waals surface area contributed by atoms with Crippen LogP contribution >= 0.6 is 11.3 Å². The van der Waals surface area contributed by atoms with Crippen LogP contribution in [0, 0.1) is 6.92 Å². The molecule has 0 bridgehead atoms. The van der Waals surface area contributed by atoms with E-state index in [4.69, 9.17) is 9.47 Å². The summed E-state index contributed by atoms with van der Waals surface area (Å²) in [5, 5.41) is 11.0. The number of thiophene rings is 1. The van der Waals surface area contributed by atoms with E-state index >= 15 is 0 Å². The molecule has 0 saturated heterocycles. The molecule has 0 atom stereocenters. The molecule has 0 fully saturated rings. The number of phenols is 1. The molecule has 3 aromatic carbocycles. The maximum Gasteiger partial charge on any atom is 0.302 e. The lowest BCUT2D eigenvalue weighted by Crippen LogP contribution is -2.21. The number of benzene rings is 3. The van der Waals surface area contributed by atoms with Crippen LogP contribution in [0.4, 0.5) is 0 Å². The summed E-state index contributed by atoms with van der Waals surface area (Å²) in [5.41, 5.74) is 5.40. The van der Waals surface area contributed by atoms with E-state index in [2.05, 4.69) is 86.5 Å². The third-order valence-corrected chi connectivity index (χ3v) is 7.49. The van der Waals surface area contributed by atoms with Crippen molar-refractivity contribution in [2.45, 2.75) is 47.2 Å². The van der Waals surface area contributed by atoms with Crippen molar-refractivity contribution >= 4 is 33.0 Å². The number of nitrogens with zero attached hydrogens (tertiary/aromatic N) is 1. The van der Waals surface area contributed by atoms with Gasteiger partial charge in [0.25, 0.3) is 0 Å². The zero-order valence-electron chi connectivity index (χ0n) is 23.9. The van der Waals surface area contributed by atoms with Gasteiger partial charge in [-0.05, 0) is 66.6 Å². The maximum atomic E-state index is 10.5. The molecule has 0 saturated carbocycles. The van der Waals surface area contributed by atoms with Gasteiger partial charge in [0, 0.05) is 40.4 Å². The summed E-state index contributed by atoms with van der Waals surface area (Å²) < 4.78 is 11.4. The van der Waals surface area contributed by atoms with Crippen molar-refractivity contribution in [2.75, 3.05) is 13.2 Å². The molecule has 1 heterocycles. The smallest absolute Gasteiger partial charge is 0.302 e. The zero-order chi connectivity index (χ0) is 29.1. The number of carbonyl (C=O) groups excluding carboxylic acids is 1. The van der Waals surface area contributed by atoms with E-state index in [0.29, 0.717) is 11.3 Å². The van der Waals surface area contributed by atoms with Crippen molar-refractivity contribution in [3.05, 3.63) is 113 Å². The molecule has 0 spiro atoms. The summed E-state index contributed by atoms with van der Waals surface area (Å²) in [6.45, 7) is 17.9. The number of ether oxygens (including phenoxy) is 2. The molecule has 40 heavy (non-hydrogen) atoms. The minimum atomic E-state index is -0.339. The van der Waals surface area contributed by atoms with Crippen LogP contribution < -0.4 is 4.74 Å². The van der Waals surface area contributed by atoms with Crippen LogP contribution in [0.2, 0.25) is 0 Å². The third kappa shape index (κ3) is 9.02. The number of allylic oxidation sites excluding steroid dienone is 2. The van der Waals surface area contributed by atoms with E-state index in [0.717, 1.165) is 25.1 Å². The van der Waals surface area contributed by atoms with E-state index in [9.17, 15) is 9.90 Å². The molecule has 5 nitrogen and oxygen atoms in total. The zero-order valence-corrected chi connectivity index (χ0v) is 24.7. The lowest BCUT2D eigenvalue weighted by atomic mass is 10.1. The minimum Gasteiger partial charge on any atom is -0.507 e. The monoisotopic (exact) mass is 557 g/mol. The van der Waals surface area contributed by atoms with E-state index < -0.39 is 0 Å². The highest BCUT2D eigenvalue weighted by Crippen LogP contribution is 2.29. The summed E-state index contributed by atoms with van der Waals surface area (Å²) in [7, 11) is 0. The molecule has 210 valence electrons. The SMILES string of the molecule is C=C(C)c1ccc(OCCOC(C)=O)cc1O.C=C(CC)N(Cc1cc2ccccc2s1)Cc1ccccc1C. The fourth-order valence-corrected chi connectivity index (χ4v) is 5.19. The Kier molecular flexibility index (Phi) is 11.4. The van der Waals surface area contributed by atoms with Gasteiger partial charge in [-0.2, -0.15) is 0 Å². The number of hydrogen-bond donors (Lipinski definition) is 1. The van der Waals surface area contributed by atoms with Crippen molar-refractivity contribution in [1.29, 1.82) is 0 Å². The number of carbonyl (C=O) groups is 1. The van der Waals surface area contributed by atoms with E-state index in [-0.39, 0.29) is 24.9 Å². The Balaban J connectivity index is 0.000000232. The van der Waals surface area contributed by atoms with Crippen molar-refractivity contribution in [3.8, 4) is 11.5 Å². The number of aryl methyl sites for hydroxylation is 1. The molecule has 0 aliphatic heterocycles. The number of hydrogen-bond acceptors (Lipinski definition) is 6. The van der Waals surface area contributed by atoms with Gasteiger partial charge in [-0.3, -0.25) is 4.79 Å². The van der Waals surface area contributed by atoms with Gasteiger partial charge in [0.05, 0.1) is 6.54 Å². The number of phenolic OH excluding ortho intramolecular Hbond substituents is 1. The summed E-state index contributed by atoms with van der Waals surface area (Å²) in [4.78, 5) is 14.3. The first-order chi connectivity index (χ1) is 19.2. The van der Waals surface area contributed by atoms with Crippen molar-refractivity contribution in [2.24, 2.45) is 0 Å². The van der Waals surface area contributed by atoms with Crippen molar-refractivity contribution < 1.29 is 19.4 Å². The van der Waals surface area contributed by atoms with Crippen LogP contribution in [0.15, 0.2) is 91.7 Å². The molecule has 1 N–H and O–H groups in total. The molecule has 0 radical (unpaired) electrons. The van der Waals surface area contributed by atoms with Gasteiger partial charge in [0.2, 0.25) is 0 Å². The molecule has 0 aliphatic carbocycles. The largest absolute Gasteiger partial charge is 0.507 e. The summed E-state index contributed by atoms with van der Waals surface area (Å²) >= 11 is 1.89. The van der Waals surface area contributed by atoms with Gasteiger partial charge in [0.1, 0.15) is 24.7 Å². The number of fused-ring (bicyclic) bond motifs is 1. The second-order valence-electron chi connectivity index (χ2n) is 9.60. The Morgan fingerprint density at radius 2 is 1.68 bits per heavy atom. The standard InChI is InChI=1S/C21H23NS.C13H16O4/c1-4-17(3)22(14-19-11-6-5-9-16(19)2)15-20-13-18-10-7-8-12-21(18)23-20;1-9(2)12-5-4-11(8-13(12)15)17-7-6-16-10(3)14/h5-13H,3-4,14-15H2,1-2H3;4-5,8,15H,1,6-7H2,2-3H3. The Hall–Kier alpha value is -4.03. The lowest BCUT2D eigenvalue weighted by molar-refractivity contribution is -0.141. The average Bonchev–Trinajstić information content (AvgIpc) is 3.34. The van der Waals surface area contributed by atoms with E-state index in [1.165, 1.54) is 44.8 Å². The molecule has 0 unspecified atom stereocenters. The number of esters is 1. The first kappa shape index (κ1) is 30.5. The first-order valence-electron chi connectivity index (χ1n) is 13.4. The van der Waals surface area contributed by atoms with Crippen molar-refractivity contribution in [1.82, 2.24) is 4.90 Å². The van der Waals surface area contributed by atoms with E-state index in [1.807, 2.05) is 18.3 Å². The predicted octanol–water partition coefficient (Wildman–Crippen LogP) is 8.50. The van der Waals surface area contributed by atoms with Gasteiger partial charge in [0.15, 0.2) is 0 Å². The second-order valence-corrected chi connectivity index (χ2v) is 10.8. The highest BCUT2D eigenvalue weighted by atomic mass is 32.1. The summed E-state index contributed by atoms with van der Waals surface area (Å²) in [5.74, 6) is 0.316. The van der Waals surface area contributed by atoms with Gasteiger partial charge < -0.3 is 19.5 Å². The van der Waals surface area contributed by atoms with Crippen LogP contribution in [0.25, 0.3) is 15.7 Å². The van der Waals surface area contributed by atoms with Gasteiger partial charge in [-0.25, -0.2) is 0 Å². The quantitative estimate of drug-likeness (QED) is 0.148. The highest BCUT2D eigenvalue weighted by molar-refractivity contribution is 7.19. The lowest BCUT2D eigenvalue weighted by Gasteiger charge is -2.26. The van der Waals surface area contributed by atoms with E-state index in [1.54, 1.807) is 12.1 Å². The van der Waals surface area contributed by atoms with Crippen LogP contribution in [-0.2, 0) is 22.6 Å². The van der Waals surface area contributed by atoms with Crippen LogP contribution in [0.1, 0.15) is 48.8 Å². The van der Waals surface area contributed by atoms with Gasteiger partial charge in [-0.1, -0.05) is 62.5 Å². The molecule has 6 heteroatoms. The Morgan fingerprint density at radius 3 is 2.33 bits per heavy atom.